The van der Waals surface area contributed by atoms with Crippen LogP contribution < -0.4 is 4.80 Å². The van der Waals surface area contributed by atoms with Crippen molar-refractivity contribution in [3.63, 3.8) is 0 Å². The van der Waals surface area contributed by atoms with Crippen molar-refractivity contribution >= 4 is 53.3 Å². The summed E-state index contributed by atoms with van der Waals surface area (Å²) in [5.74, 6) is -1.32. The van der Waals surface area contributed by atoms with E-state index in [4.69, 9.17) is 0 Å². The van der Waals surface area contributed by atoms with Gasteiger partial charge in [0, 0.05) is 13.3 Å². The number of carbonyl (C=O) groups is 2. The second kappa shape index (κ2) is 8.11. The maximum absolute atomic E-state index is 12.2. The minimum absolute atomic E-state index is 0.0844. The zero-order valence-corrected chi connectivity index (χ0v) is 18.0. The van der Waals surface area contributed by atoms with E-state index in [1.54, 1.807) is 0 Å². The van der Waals surface area contributed by atoms with E-state index in [-0.39, 0.29) is 16.2 Å². The van der Waals surface area contributed by atoms with Gasteiger partial charge in [-0.3, -0.25) is 9.59 Å². The maximum Gasteiger partial charge on any atom is 0.325 e. The Morgan fingerprint density at radius 3 is 2.39 bits per heavy atom. The number of hydrogen-bond acceptors (Lipinski definition) is 8. The zero-order chi connectivity index (χ0) is 21.3. The number of benzene rings is 1. The van der Waals surface area contributed by atoms with Crippen LogP contribution in [0.4, 0.5) is 0 Å². The highest BCUT2D eigenvalue weighted by Crippen LogP contribution is 2.22. The van der Waals surface area contributed by atoms with Crippen LogP contribution in [0.3, 0.4) is 0 Å². The summed E-state index contributed by atoms with van der Waals surface area (Å²) >= 11 is 1.00. The van der Waals surface area contributed by atoms with Gasteiger partial charge >= 0.3 is 5.97 Å². The Bertz CT molecular complexity index is 1210. The topological polar surface area (TPSA) is 132 Å². The summed E-state index contributed by atoms with van der Waals surface area (Å²) in [6, 6.07) is 4.33. The molecule has 1 heterocycles. The van der Waals surface area contributed by atoms with Gasteiger partial charge in [-0.2, -0.15) is 9.30 Å². The molecule has 0 bridgehead atoms. The molecule has 154 valence electrons. The molecule has 0 fully saturated rings. The molecule has 1 amide bonds. The monoisotopic (exact) mass is 449 g/mol. The van der Waals surface area contributed by atoms with Gasteiger partial charge in [-0.15, -0.1) is 0 Å². The Kier molecular flexibility index (Phi) is 6.43. The quantitative estimate of drug-likeness (QED) is 0.548. The summed E-state index contributed by atoms with van der Waals surface area (Å²) in [6.45, 7) is -0.720. The Hall–Kier alpha value is -2.09. The molecule has 0 atom stereocenters. The Morgan fingerprint density at radius 2 is 1.86 bits per heavy atom. The minimum atomic E-state index is -3.56. The number of hydrogen-bond donors (Lipinski definition) is 0. The molecule has 28 heavy (non-hydrogen) atoms. The lowest BCUT2D eigenvalue weighted by atomic mass is 10.3. The van der Waals surface area contributed by atoms with Crippen LogP contribution in [0.1, 0.15) is 0 Å². The largest absolute Gasteiger partial charge is 0.468 e. The first kappa shape index (κ1) is 22.2. The van der Waals surface area contributed by atoms with E-state index in [0.717, 1.165) is 28.2 Å². The van der Waals surface area contributed by atoms with E-state index in [9.17, 15) is 26.4 Å². The molecule has 13 heteroatoms. The van der Waals surface area contributed by atoms with Crippen molar-refractivity contribution in [1.82, 2.24) is 8.87 Å². The average Bonchev–Trinajstić information content (AvgIpc) is 2.89. The van der Waals surface area contributed by atoms with E-state index < -0.39 is 38.3 Å². The number of methoxy groups -OCH3 is 1. The number of ether oxygens (including phenoxy) is 1. The molecule has 1 aromatic heterocycles. The SMILES string of the molecule is COC(=O)Cn1c(=NC(=O)CN(C)S(C)(=O)=O)sc2cc(S(C)(=O)=O)ccc21. The van der Waals surface area contributed by atoms with Crippen LogP contribution >= 0.6 is 11.3 Å². The van der Waals surface area contributed by atoms with Crippen LogP contribution in [0.15, 0.2) is 28.1 Å². The number of fused-ring (bicyclic) bond motifs is 1. The highest BCUT2D eigenvalue weighted by Gasteiger charge is 2.17. The van der Waals surface area contributed by atoms with E-state index in [2.05, 4.69) is 9.73 Å². The molecule has 0 N–H and O–H groups in total. The Labute approximate surface area is 166 Å². The van der Waals surface area contributed by atoms with Crippen LogP contribution in [0.25, 0.3) is 10.2 Å². The summed E-state index contributed by atoms with van der Waals surface area (Å²) < 4.78 is 53.9. The number of likely N-dealkylation sites (N-methyl/N-ethyl adjacent to an activating group) is 1. The molecule has 1 aromatic carbocycles. The fraction of sp³-hybridized carbons (Fsp3) is 0.400. The summed E-state index contributed by atoms with van der Waals surface area (Å²) in [7, 11) is -4.55. The molecular formula is C15H19N3O7S3. The van der Waals surface area contributed by atoms with Gasteiger partial charge < -0.3 is 9.30 Å². The van der Waals surface area contributed by atoms with Gasteiger partial charge in [-0.1, -0.05) is 11.3 Å². The number of nitrogens with zero attached hydrogens (tertiary/aromatic N) is 3. The lowest BCUT2D eigenvalue weighted by Gasteiger charge is -2.10. The molecule has 0 aliphatic rings. The molecule has 2 rings (SSSR count). The molecule has 0 radical (unpaired) electrons. The lowest BCUT2D eigenvalue weighted by Crippen LogP contribution is -2.31. The van der Waals surface area contributed by atoms with Gasteiger partial charge in [0.1, 0.15) is 6.54 Å². The van der Waals surface area contributed by atoms with E-state index in [1.165, 1.54) is 36.9 Å². The minimum Gasteiger partial charge on any atom is -0.468 e. The molecular weight excluding hydrogens is 430 g/mol. The third kappa shape index (κ3) is 5.25. The molecule has 0 aliphatic heterocycles. The number of rotatable bonds is 6. The molecule has 0 spiro atoms. The van der Waals surface area contributed by atoms with Gasteiger partial charge in [-0.25, -0.2) is 16.8 Å². The van der Waals surface area contributed by atoms with Crippen LogP contribution in [-0.2, 0) is 40.7 Å². The molecule has 0 aliphatic carbocycles. The third-order valence-corrected chi connectivity index (χ3v) is 7.15. The fourth-order valence-electron chi connectivity index (χ4n) is 2.17. The first-order chi connectivity index (χ1) is 12.8. The van der Waals surface area contributed by atoms with Gasteiger partial charge in [0.2, 0.25) is 10.0 Å². The van der Waals surface area contributed by atoms with Crippen molar-refractivity contribution in [1.29, 1.82) is 0 Å². The fourth-order valence-corrected chi connectivity index (χ4v) is 4.32. The van der Waals surface area contributed by atoms with Crippen molar-refractivity contribution < 1.29 is 31.2 Å². The van der Waals surface area contributed by atoms with Crippen molar-refractivity contribution in [2.45, 2.75) is 11.4 Å². The van der Waals surface area contributed by atoms with E-state index in [0.29, 0.717) is 10.2 Å². The maximum atomic E-state index is 12.2. The number of carbonyl (C=O) groups excluding carboxylic acids is 2. The standard InChI is InChI=1S/C15H19N3O7S3/c1-17(28(4,23)24)8-13(19)16-15-18(9-14(20)25-2)11-6-5-10(27(3,21)22)7-12(11)26-15/h5-7H,8-9H2,1-4H3. The summed E-state index contributed by atoms with van der Waals surface area (Å²) in [5, 5.41) is 0. The van der Waals surface area contributed by atoms with Gasteiger partial charge in [0.25, 0.3) is 5.91 Å². The van der Waals surface area contributed by atoms with Crippen molar-refractivity contribution in [3.05, 3.63) is 23.0 Å². The number of sulfone groups is 1. The van der Waals surface area contributed by atoms with Crippen LogP contribution in [-0.4, -0.2) is 70.8 Å². The predicted molar refractivity (Wildman–Crippen MR) is 103 cm³/mol. The summed E-state index contributed by atoms with van der Waals surface area (Å²) in [5.41, 5.74) is 0.491. The number of amides is 1. The van der Waals surface area contributed by atoms with Crippen molar-refractivity contribution in [2.24, 2.45) is 4.99 Å². The first-order valence-corrected chi connectivity index (χ1v) is 12.3. The van der Waals surface area contributed by atoms with Gasteiger partial charge in [0.15, 0.2) is 14.6 Å². The summed E-state index contributed by atoms with van der Waals surface area (Å²) in [6.07, 6.45) is 2.03. The molecule has 0 unspecified atom stereocenters. The van der Waals surface area contributed by atoms with Crippen LogP contribution in [0.2, 0.25) is 0 Å². The molecule has 0 saturated carbocycles. The average molecular weight is 450 g/mol. The molecule has 2 aromatic rings. The smallest absolute Gasteiger partial charge is 0.325 e. The van der Waals surface area contributed by atoms with E-state index >= 15 is 0 Å². The second-order valence-corrected chi connectivity index (χ2v) is 11.1. The van der Waals surface area contributed by atoms with Crippen LogP contribution in [0, 0.1) is 0 Å². The van der Waals surface area contributed by atoms with Gasteiger partial charge in [0.05, 0.1) is 35.0 Å². The first-order valence-electron chi connectivity index (χ1n) is 7.72. The third-order valence-electron chi connectivity index (χ3n) is 3.74. The van der Waals surface area contributed by atoms with E-state index in [1.807, 2.05) is 0 Å². The Balaban J connectivity index is 2.60. The van der Waals surface area contributed by atoms with Crippen molar-refractivity contribution in [2.75, 3.05) is 33.2 Å². The predicted octanol–water partition coefficient (Wildman–Crippen LogP) is -0.402. The molecule has 0 saturated heterocycles. The molecule has 10 nitrogen and oxygen atoms in total. The highest BCUT2D eigenvalue weighted by molar-refractivity contribution is 7.90. The number of thiazole rings is 1. The lowest BCUT2D eigenvalue weighted by molar-refractivity contribution is -0.141. The number of esters is 1. The highest BCUT2D eigenvalue weighted by atomic mass is 32.2. The summed E-state index contributed by atoms with van der Waals surface area (Å²) in [4.78, 5) is 28.1. The number of aromatic nitrogens is 1. The Morgan fingerprint density at radius 1 is 1.21 bits per heavy atom. The van der Waals surface area contributed by atoms with Crippen molar-refractivity contribution in [3.8, 4) is 0 Å². The van der Waals surface area contributed by atoms with Gasteiger partial charge in [-0.05, 0) is 18.2 Å². The number of sulfonamides is 1. The van der Waals surface area contributed by atoms with Crippen LogP contribution in [0.5, 0.6) is 0 Å². The normalized spacial score (nSPS) is 13.2. The zero-order valence-electron chi connectivity index (χ0n) is 15.6. The second-order valence-electron chi connectivity index (χ2n) is 5.97.